The van der Waals surface area contributed by atoms with E-state index in [0.717, 1.165) is 82.0 Å². The van der Waals surface area contributed by atoms with E-state index in [-0.39, 0.29) is 5.92 Å². The number of aliphatic imine (C=N–C) groups is 2. The molecule has 1 aliphatic carbocycles. The van der Waals surface area contributed by atoms with E-state index < -0.39 is 0 Å². The zero-order valence-corrected chi connectivity index (χ0v) is 30.5. The quantitative estimate of drug-likeness (QED) is 0.126. The van der Waals surface area contributed by atoms with Gasteiger partial charge in [0.25, 0.3) is 0 Å². The summed E-state index contributed by atoms with van der Waals surface area (Å²) in [6.45, 7) is 12.3. The minimum Gasteiger partial charge on any atom is -0.337 e. The summed E-state index contributed by atoms with van der Waals surface area (Å²) >= 11 is 0. The molecule has 0 amide bonds. The smallest absolute Gasteiger partial charge is 0.156 e. The van der Waals surface area contributed by atoms with Crippen LogP contribution in [0.15, 0.2) is 192 Å². The SMILES string of the molecule is C=CC1=C(/N=C\C)N(c2cccc(CN(c3ccccc3)c3ccccc3N=C)c2)CCN1C1=CC(c2nc3ccccc3n2-c2ccccc2)CC=C1. The van der Waals surface area contributed by atoms with Gasteiger partial charge in [-0.25, -0.2) is 9.98 Å². The number of anilines is 3. The second-order valence-electron chi connectivity index (χ2n) is 13.3. The summed E-state index contributed by atoms with van der Waals surface area (Å²) in [6.07, 6.45) is 11.5. The summed E-state index contributed by atoms with van der Waals surface area (Å²) in [5.41, 5.74) is 10.5. The fraction of sp³-hybridized carbons (Fsp3) is 0.128. The lowest BCUT2D eigenvalue weighted by Crippen LogP contribution is -2.41. The first kappa shape index (κ1) is 34.4. The number of fused-ring (bicyclic) bond motifs is 1. The van der Waals surface area contributed by atoms with Gasteiger partial charge in [-0.05, 0) is 105 Å². The number of benzene rings is 5. The molecule has 0 N–H and O–H groups in total. The lowest BCUT2D eigenvalue weighted by molar-refractivity contribution is 0.423. The maximum absolute atomic E-state index is 5.19. The van der Waals surface area contributed by atoms with E-state index in [1.165, 1.54) is 5.56 Å². The molecule has 0 saturated carbocycles. The third kappa shape index (κ3) is 6.68. The van der Waals surface area contributed by atoms with Crippen molar-refractivity contribution in [3.05, 3.63) is 193 Å². The molecule has 7 heteroatoms. The van der Waals surface area contributed by atoms with Crippen LogP contribution in [0.5, 0.6) is 0 Å². The number of hydrogen-bond donors (Lipinski definition) is 0. The first-order valence-corrected chi connectivity index (χ1v) is 18.5. The second-order valence-corrected chi connectivity index (χ2v) is 13.3. The van der Waals surface area contributed by atoms with Crippen molar-refractivity contribution in [3.8, 4) is 5.69 Å². The molecule has 1 aromatic heterocycles. The van der Waals surface area contributed by atoms with E-state index in [2.05, 4.69) is 165 Å². The fourth-order valence-corrected chi connectivity index (χ4v) is 7.59. The molecule has 5 aromatic carbocycles. The van der Waals surface area contributed by atoms with Gasteiger partial charge in [-0.1, -0.05) is 85.5 Å². The number of hydrogen-bond acceptors (Lipinski definition) is 6. The maximum atomic E-state index is 5.19. The van der Waals surface area contributed by atoms with Crippen LogP contribution in [-0.4, -0.2) is 40.5 Å². The number of nitrogens with zero attached hydrogens (tertiary/aromatic N) is 7. The maximum Gasteiger partial charge on any atom is 0.156 e. The van der Waals surface area contributed by atoms with E-state index >= 15 is 0 Å². The van der Waals surface area contributed by atoms with Gasteiger partial charge in [-0.2, -0.15) is 0 Å². The van der Waals surface area contributed by atoms with Crippen LogP contribution in [-0.2, 0) is 6.54 Å². The Morgan fingerprint density at radius 2 is 1.54 bits per heavy atom. The Morgan fingerprint density at radius 1 is 0.815 bits per heavy atom. The summed E-state index contributed by atoms with van der Waals surface area (Å²) < 4.78 is 2.31. The molecule has 1 unspecified atom stereocenters. The van der Waals surface area contributed by atoms with Crippen molar-refractivity contribution < 1.29 is 0 Å². The number of para-hydroxylation sites is 6. The Morgan fingerprint density at radius 3 is 2.33 bits per heavy atom. The van der Waals surface area contributed by atoms with E-state index in [1.54, 1.807) is 0 Å². The highest BCUT2D eigenvalue weighted by molar-refractivity contribution is 5.79. The molecule has 2 heterocycles. The first-order valence-electron chi connectivity index (χ1n) is 18.5. The van der Waals surface area contributed by atoms with Crippen LogP contribution < -0.4 is 9.80 Å². The van der Waals surface area contributed by atoms with Crippen LogP contribution in [0.25, 0.3) is 16.7 Å². The summed E-state index contributed by atoms with van der Waals surface area (Å²) in [7, 11) is 0. The molecular formula is C47H43N7. The zero-order chi connectivity index (χ0) is 36.9. The van der Waals surface area contributed by atoms with Crippen LogP contribution in [0, 0.1) is 0 Å². The average Bonchev–Trinajstić information content (AvgIpc) is 3.63. The number of rotatable bonds is 11. The number of allylic oxidation sites excluding steroid dienone is 4. The standard InChI is InChI=1S/C47H43N7/c1-4-43-47(49-5-2)52(39-24-16-18-35(32-39)34-53(37-20-8-6-9-21-37)44-28-14-12-26-41(44)48-3)31-30-51(43)40-25-17-19-36(33-40)46-50-42-27-13-15-29-45(42)54(46)38-22-10-7-11-23-38/h4-18,20-29,32-33,36H,1,3,19,30-31,34H2,2H3/b49-5-. The summed E-state index contributed by atoms with van der Waals surface area (Å²) in [5.74, 6) is 1.99. The molecular weight excluding hydrogens is 663 g/mol. The third-order valence-corrected chi connectivity index (χ3v) is 10.0. The molecule has 266 valence electrons. The van der Waals surface area contributed by atoms with Crippen molar-refractivity contribution in [1.82, 2.24) is 14.5 Å². The summed E-state index contributed by atoms with van der Waals surface area (Å²) in [5, 5.41) is 0. The molecule has 0 bridgehead atoms. The molecule has 0 saturated heterocycles. The van der Waals surface area contributed by atoms with Gasteiger partial charge in [0.05, 0.1) is 28.1 Å². The largest absolute Gasteiger partial charge is 0.337 e. The zero-order valence-electron chi connectivity index (χ0n) is 30.5. The van der Waals surface area contributed by atoms with Gasteiger partial charge in [-0.3, -0.25) is 9.56 Å². The lowest BCUT2D eigenvalue weighted by Gasteiger charge is -2.39. The van der Waals surface area contributed by atoms with Crippen LogP contribution >= 0.6 is 0 Å². The van der Waals surface area contributed by atoms with Crippen molar-refractivity contribution in [2.75, 3.05) is 22.9 Å². The van der Waals surface area contributed by atoms with Gasteiger partial charge < -0.3 is 14.7 Å². The molecule has 2 aliphatic rings. The van der Waals surface area contributed by atoms with Gasteiger partial charge in [0.15, 0.2) is 5.82 Å². The van der Waals surface area contributed by atoms with E-state index in [4.69, 9.17) is 9.98 Å². The average molecular weight is 706 g/mol. The Kier molecular flexibility index (Phi) is 9.85. The molecule has 7 nitrogen and oxygen atoms in total. The Hall–Kier alpha value is -6.73. The van der Waals surface area contributed by atoms with Crippen LogP contribution in [0.4, 0.5) is 22.7 Å². The molecule has 0 radical (unpaired) electrons. The summed E-state index contributed by atoms with van der Waals surface area (Å²) in [4.78, 5) is 21.5. The first-order chi connectivity index (χ1) is 26.7. The van der Waals surface area contributed by atoms with Crippen molar-refractivity contribution in [1.29, 1.82) is 0 Å². The highest BCUT2D eigenvalue weighted by Crippen LogP contribution is 2.38. The third-order valence-electron chi connectivity index (χ3n) is 10.0. The Bertz CT molecular complexity index is 2420. The predicted molar refractivity (Wildman–Crippen MR) is 225 cm³/mol. The van der Waals surface area contributed by atoms with Crippen molar-refractivity contribution in [2.24, 2.45) is 9.98 Å². The van der Waals surface area contributed by atoms with E-state index in [1.807, 2.05) is 43.5 Å². The van der Waals surface area contributed by atoms with Gasteiger partial charge in [0, 0.05) is 54.5 Å². The van der Waals surface area contributed by atoms with Crippen LogP contribution in [0.1, 0.15) is 30.7 Å². The monoisotopic (exact) mass is 705 g/mol. The van der Waals surface area contributed by atoms with E-state index in [9.17, 15) is 0 Å². The minimum atomic E-state index is 0.0884. The molecule has 54 heavy (non-hydrogen) atoms. The van der Waals surface area contributed by atoms with Gasteiger partial charge in [0.1, 0.15) is 5.82 Å². The van der Waals surface area contributed by atoms with Crippen LogP contribution in [0.3, 0.4) is 0 Å². The molecule has 0 spiro atoms. The molecule has 8 rings (SSSR count). The molecule has 1 atom stereocenters. The predicted octanol–water partition coefficient (Wildman–Crippen LogP) is 10.9. The normalized spacial score (nSPS) is 15.9. The second kappa shape index (κ2) is 15.5. The van der Waals surface area contributed by atoms with Gasteiger partial charge >= 0.3 is 0 Å². The Balaban J connectivity index is 1.13. The highest BCUT2D eigenvalue weighted by atomic mass is 15.3. The molecule has 6 aromatic rings. The molecule has 1 aliphatic heterocycles. The van der Waals surface area contributed by atoms with Crippen LogP contribution in [0.2, 0.25) is 0 Å². The number of aromatic nitrogens is 2. The van der Waals surface area contributed by atoms with Crippen molar-refractivity contribution >= 4 is 46.7 Å². The summed E-state index contributed by atoms with van der Waals surface area (Å²) in [6, 6.07) is 46.3. The Labute approximate surface area is 317 Å². The fourth-order valence-electron chi connectivity index (χ4n) is 7.59. The van der Waals surface area contributed by atoms with Gasteiger partial charge in [0.2, 0.25) is 0 Å². The van der Waals surface area contributed by atoms with Gasteiger partial charge in [-0.15, -0.1) is 0 Å². The topological polar surface area (TPSA) is 52.3 Å². The number of imidazole rings is 1. The van der Waals surface area contributed by atoms with E-state index in [0.29, 0.717) is 6.54 Å². The van der Waals surface area contributed by atoms with Crippen molar-refractivity contribution in [3.63, 3.8) is 0 Å². The highest BCUT2D eigenvalue weighted by Gasteiger charge is 2.29. The molecule has 0 fully saturated rings. The van der Waals surface area contributed by atoms with Crippen molar-refractivity contribution in [2.45, 2.75) is 25.8 Å². The minimum absolute atomic E-state index is 0.0884. The lowest BCUT2D eigenvalue weighted by atomic mass is 9.96.